The second kappa shape index (κ2) is 4.31. The van der Waals surface area contributed by atoms with Gasteiger partial charge in [0, 0.05) is 24.2 Å². The smallest absolute Gasteiger partial charge is 0.251 e. The van der Waals surface area contributed by atoms with Crippen LogP contribution < -0.4 is 11.3 Å². The van der Waals surface area contributed by atoms with Crippen molar-refractivity contribution in [3.05, 3.63) is 34.5 Å². The number of nitrogen functional groups attached to an aromatic ring is 1. The lowest BCUT2D eigenvalue weighted by atomic mass is 10.5. The summed E-state index contributed by atoms with van der Waals surface area (Å²) in [5.41, 5.74) is 6.08. The van der Waals surface area contributed by atoms with Crippen LogP contribution in [-0.4, -0.2) is 19.9 Å². The van der Waals surface area contributed by atoms with Crippen molar-refractivity contribution < 1.29 is 0 Å². The maximum Gasteiger partial charge on any atom is 0.251 e. The Morgan fingerprint density at radius 1 is 1.38 bits per heavy atom. The fourth-order valence-corrected chi connectivity index (χ4v) is 1.90. The van der Waals surface area contributed by atoms with Crippen molar-refractivity contribution in [1.82, 2.24) is 19.9 Å². The molecule has 0 atom stereocenters. The molecule has 0 aliphatic rings. The normalized spacial score (nSPS) is 10.3. The largest absolute Gasteiger partial charge is 0.381 e. The number of anilines is 1. The first-order valence-electron chi connectivity index (χ1n) is 4.47. The lowest BCUT2D eigenvalue weighted by Crippen LogP contribution is -2.08. The van der Waals surface area contributed by atoms with Crippen molar-refractivity contribution in [2.24, 2.45) is 0 Å². The molecule has 0 saturated heterocycles. The number of rotatable bonds is 2. The van der Waals surface area contributed by atoms with Gasteiger partial charge in [0.2, 0.25) is 0 Å². The van der Waals surface area contributed by atoms with E-state index in [9.17, 15) is 4.79 Å². The molecule has 0 aromatic carbocycles. The molecule has 2 heterocycles. The van der Waals surface area contributed by atoms with E-state index in [4.69, 9.17) is 5.73 Å². The van der Waals surface area contributed by atoms with Gasteiger partial charge in [0.05, 0.1) is 0 Å². The van der Waals surface area contributed by atoms with Gasteiger partial charge in [-0.15, -0.1) is 0 Å². The minimum Gasteiger partial charge on any atom is -0.381 e. The van der Waals surface area contributed by atoms with E-state index in [0.29, 0.717) is 21.7 Å². The van der Waals surface area contributed by atoms with E-state index in [2.05, 4.69) is 19.9 Å². The number of aromatic nitrogens is 4. The minimum absolute atomic E-state index is 0.197. The predicted octanol–water partition coefficient (Wildman–Crippen LogP) is 0.602. The Balaban J connectivity index is 2.34. The predicted molar refractivity (Wildman–Crippen MR) is 60.2 cm³/mol. The van der Waals surface area contributed by atoms with Crippen LogP contribution in [0.1, 0.15) is 5.69 Å². The molecule has 16 heavy (non-hydrogen) atoms. The van der Waals surface area contributed by atoms with Gasteiger partial charge >= 0.3 is 0 Å². The topological polar surface area (TPSA) is 97.5 Å². The summed E-state index contributed by atoms with van der Waals surface area (Å²) in [6.45, 7) is 1.75. The third kappa shape index (κ3) is 2.37. The lowest BCUT2D eigenvalue weighted by Gasteiger charge is -2.02. The zero-order valence-corrected chi connectivity index (χ0v) is 9.28. The number of aryl methyl sites for hydroxylation is 1. The molecule has 2 aromatic heterocycles. The molecule has 0 unspecified atom stereocenters. The molecule has 0 bridgehead atoms. The number of aromatic amines is 1. The summed E-state index contributed by atoms with van der Waals surface area (Å²) in [5, 5.41) is 0.980. The maximum atomic E-state index is 11.2. The highest BCUT2D eigenvalue weighted by atomic mass is 32.2. The van der Waals surface area contributed by atoms with Crippen LogP contribution in [0.15, 0.2) is 33.4 Å². The van der Waals surface area contributed by atoms with Gasteiger partial charge in [0.25, 0.3) is 5.56 Å². The molecule has 82 valence electrons. The maximum absolute atomic E-state index is 11.2. The fraction of sp³-hybridized carbons (Fsp3) is 0.111. The number of hydrogen-bond acceptors (Lipinski definition) is 6. The van der Waals surface area contributed by atoms with E-state index in [1.165, 1.54) is 30.2 Å². The summed E-state index contributed by atoms with van der Waals surface area (Å²) in [4.78, 5) is 25.9. The van der Waals surface area contributed by atoms with E-state index < -0.39 is 0 Å². The highest BCUT2D eigenvalue weighted by molar-refractivity contribution is 7.99. The van der Waals surface area contributed by atoms with Gasteiger partial charge in [-0.3, -0.25) is 4.79 Å². The SMILES string of the molecule is Cc1cc(=O)[nH]c(Sc2nccnc2N)n1. The van der Waals surface area contributed by atoms with Crippen LogP contribution in [0, 0.1) is 6.92 Å². The molecule has 0 aliphatic heterocycles. The van der Waals surface area contributed by atoms with Gasteiger partial charge in [-0.1, -0.05) is 0 Å². The van der Waals surface area contributed by atoms with Crippen molar-refractivity contribution in [3.63, 3.8) is 0 Å². The molecule has 0 aliphatic carbocycles. The molecular weight excluding hydrogens is 226 g/mol. The Labute approximate surface area is 95.4 Å². The van der Waals surface area contributed by atoms with Crippen molar-refractivity contribution in [3.8, 4) is 0 Å². The Bertz CT molecular complexity index is 568. The first-order valence-corrected chi connectivity index (χ1v) is 5.29. The highest BCUT2D eigenvalue weighted by Gasteiger charge is 2.06. The zero-order valence-electron chi connectivity index (χ0n) is 8.47. The average Bonchev–Trinajstić information content (AvgIpc) is 2.20. The summed E-state index contributed by atoms with van der Waals surface area (Å²) in [6, 6.07) is 1.42. The molecule has 0 saturated carbocycles. The monoisotopic (exact) mass is 235 g/mol. The van der Waals surface area contributed by atoms with Crippen LogP contribution in [-0.2, 0) is 0 Å². The quantitative estimate of drug-likeness (QED) is 0.740. The van der Waals surface area contributed by atoms with Crippen LogP contribution in [0.5, 0.6) is 0 Å². The third-order valence-corrected chi connectivity index (χ3v) is 2.63. The number of nitrogens with two attached hydrogens (primary N) is 1. The lowest BCUT2D eigenvalue weighted by molar-refractivity contribution is 0.901. The van der Waals surface area contributed by atoms with Crippen LogP contribution >= 0.6 is 11.8 Å². The number of H-pyrrole nitrogens is 1. The number of nitrogens with zero attached hydrogens (tertiary/aromatic N) is 3. The summed E-state index contributed by atoms with van der Waals surface area (Å²) < 4.78 is 0. The van der Waals surface area contributed by atoms with Gasteiger partial charge in [-0.25, -0.2) is 15.0 Å². The highest BCUT2D eigenvalue weighted by Crippen LogP contribution is 2.24. The molecular formula is C9H9N5OS. The van der Waals surface area contributed by atoms with Crippen LogP contribution in [0.3, 0.4) is 0 Å². The van der Waals surface area contributed by atoms with Gasteiger partial charge in [0.1, 0.15) is 5.03 Å². The van der Waals surface area contributed by atoms with Crippen molar-refractivity contribution >= 4 is 17.6 Å². The van der Waals surface area contributed by atoms with Gasteiger partial charge < -0.3 is 10.7 Å². The Morgan fingerprint density at radius 2 is 2.12 bits per heavy atom. The average molecular weight is 235 g/mol. The first kappa shape index (κ1) is 10.6. The molecule has 0 fully saturated rings. The summed E-state index contributed by atoms with van der Waals surface area (Å²) in [7, 11) is 0. The first-order chi connectivity index (χ1) is 7.65. The number of hydrogen-bond donors (Lipinski definition) is 2. The number of nitrogens with one attached hydrogen (secondary N) is 1. The summed E-state index contributed by atoms with van der Waals surface area (Å²) in [5.74, 6) is 0.316. The van der Waals surface area contributed by atoms with Crippen LogP contribution in [0.4, 0.5) is 5.82 Å². The summed E-state index contributed by atoms with van der Waals surface area (Å²) >= 11 is 1.18. The van der Waals surface area contributed by atoms with Crippen molar-refractivity contribution in [1.29, 1.82) is 0 Å². The second-order valence-corrected chi connectivity index (χ2v) is 4.02. The van der Waals surface area contributed by atoms with Gasteiger partial charge in [-0.05, 0) is 18.7 Å². The van der Waals surface area contributed by atoms with E-state index >= 15 is 0 Å². The molecule has 0 amide bonds. The van der Waals surface area contributed by atoms with Crippen LogP contribution in [0.2, 0.25) is 0 Å². The molecule has 0 radical (unpaired) electrons. The Hall–Kier alpha value is -1.89. The molecule has 2 aromatic rings. The Kier molecular flexibility index (Phi) is 2.86. The Morgan fingerprint density at radius 3 is 2.81 bits per heavy atom. The third-order valence-electron chi connectivity index (χ3n) is 1.73. The van der Waals surface area contributed by atoms with Gasteiger partial charge in [0.15, 0.2) is 11.0 Å². The minimum atomic E-state index is -0.197. The van der Waals surface area contributed by atoms with E-state index in [0.717, 1.165) is 0 Å². The molecule has 2 rings (SSSR count). The van der Waals surface area contributed by atoms with E-state index in [1.807, 2.05) is 0 Å². The van der Waals surface area contributed by atoms with E-state index in [-0.39, 0.29) is 5.56 Å². The fourth-order valence-electron chi connectivity index (χ4n) is 1.11. The van der Waals surface area contributed by atoms with Crippen LogP contribution in [0.25, 0.3) is 0 Å². The molecule has 7 heteroatoms. The molecule has 3 N–H and O–H groups in total. The van der Waals surface area contributed by atoms with E-state index in [1.54, 1.807) is 6.92 Å². The van der Waals surface area contributed by atoms with Crippen molar-refractivity contribution in [2.45, 2.75) is 17.1 Å². The zero-order chi connectivity index (χ0) is 11.5. The molecule has 6 nitrogen and oxygen atoms in total. The summed E-state index contributed by atoms with van der Waals surface area (Å²) in [6.07, 6.45) is 3.04. The second-order valence-electron chi connectivity index (χ2n) is 3.04. The standard InChI is InChI=1S/C9H9N5OS/c1-5-4-6(15)14-9(13-5)16-8-7(10)11-2-3-12-8/h2-4H,1H3,(H2,10,11)(H,13,14,15). The van der Waals surface area contributed by atoms with Gasteiger partial charge in [-0.2, -0.15) is 0 Å². The molecule has 0 spiro atoms. The van der Waals surface area contributed by atoms with Crippen molar-refractivity contribution in [2.75, 3.05) is 5.73 Å².